The van der Waals surface area contributed by atoms with E-state index in [9.17, 15) is 15.0 Å². The Morgan fingerprint density at radius 3 is 2.96 bits per heavy atom. The van der Waals surface area contributed by atoms with Crippen molar-refractivity contribution in [3.05, 3.63) is 42.1 Å². The highest BCUT2D eigenvalue weighted by molar-refractivity contribution is 5.96. The van der Waals surface area contributed by atoms with Gasteiger partial charge in [-0.05, 0) is 24.6 Å². The van der Waals surface area contributed by atoms with Crippen LogP contribution in [0.1, 0.15) is 12.5 Å². The largest absolute Gasteiger partial charge is 0.390 e. The summed E-state index contributed by atoms with van der Waals surface area (Å²) in [5.41, 5.74) is 1.98. The van der Waals surface area contributed by atoms with E-state index in [2.05, 4.69) is 4.98 Å². The number of nitrogens with one attached hydrogen (secondary N) is 1. The minimum absolute atomic E-state index is 0.125. The number of para-hydroxylation sites is 1. The van der Waals surface area contributed by atoms with Gasteiger partial charge in [0.05, 0.1) is 19.3 Å². The van der Waals surface area contributed by atoms with E-state index < -0.39 is 12.2 Å². The number of aromatic nitrogens is 1. The molecule has 1 aromatic heterocycles. The number of aliphatic hydroxyl groups is 2. The molecule has 1 amide bonds. The molecule has 1 saturated heterocycles. The second-order valence-electron chi connectivity index (χ2n) is 6.36. The molecule has 2 heterocycles. The lowest BCUT2D eigenvalue weighted by atomic mass is 9.96. The summed E-state index contributed by atoms with van der Waals surface area (Å²) in [7, 11) is 0. The van der Waals surface area contributed by atoms with Crippen LogP contribution in [0.4, 0.5) is 0 Å². The van der Waals surface area contributed by atoms with E-state index in [1.54, 1.807) is 17.1 Å². The first-order chi connectivity index (χ1) is 12.1. The monoisotopic (exact) mass is 344 g/mol. The SMILES string of the molecule is CCN(C[C@@H]1COC[C@@H](O)[C@H]1O)C(=O)/C=C/c1c[nH]c2ccccc12. The van der Waals surface area contributed by atoms with Crippen LogP contribution in [0, 0.1) is 5.92 Å². The van der Waals surface area contributed by atoms with Crippen molar-refractivity contribution in [2.75, 3.05) is 26.3 Å². The molecule has 25 heavy (non-hydrogen) atoms. The molecule has 6 heteroatoms. The lowest BCUT2D eigenvalue weighted by Gasteiger charge is -2.34. The van der Waals surface area contributed by atoms with Crippen molar-refractivity contribution in [3.63, 3.8) is 0 Å². The smallest absolute Gasteiger partial charge is 0.246 e. The van der Waals surface area contributed by atoms with E-state index in [-0.39, 0.29) is 18.4 Å². The van der Waals surface area contributed by atoms with Crippen molar-refractivity contribution in [2.45, 2.75) is 19.1 Å². The molecule has 1 aliphatic rings. The minimum Gasteiger partial charge on any atom is -0.390 e. The van der Waals surface area contributed by atoms with Crippen molar-refractivity contribution in [1.29, 1.82) is 0 Å². The van der Waals surface area contributed by atoms with Gasteiger partial charge in [-0.25, -0.2) is 0 Å². The number of nitrogens with zero attached hydrogens (tertiary/aromatic N) is 1. The Labute approximate surface area is 146 Å². The van der Waals surface area contributed by atoms with Crippen LogP contribution in [0.25, 0.3) is 17.0 Å². The van der Waals surface area contributed by atoms with Gasteiger partial charge in [0.25, 0.3) is 0 Å². The standard InChI is InChI=1S/C19H24N2O4/c1-2-21(10-14-11-25-12-17(22)19(14)24)18(23)8-7-13-9-20-16-6-4-3-5-15(13)16/h3-9,14,17,19-20,22,24H,2,10-12H2,1H3/b8-7+/t14-,17-,19+/m1/s1. The molecule has 2 aromatic rings. The van der Waals surface area contributed by atoms with Crippen molar-refractivity contribution in [3.8, 4) is 0 Å². The summed E-state index contributed by atoms with van der Waals surface area (Å²) in [6.45, 7) is 3.25. The minimum atomic E-state index is -0.894. The van der Waals surface area contributed by atoms with Crippen LogP contribution in [0.3, 0.4) is 0 Å². The fraction of sp³-hybridized carbons (Fsp3) is 0.421. The van der Waals surface area contributed by atoms with Gasteiger partial charge in [0, 0.05) is 42.2 Å². The van der Waals surface area contributed by atoms with Crippen LogP contribution in [0.15, 0.2) is 36.5 Å². The van der Waals surface area contributed by atoms with Crippen LogP contribution in [0.2, 0.25) is 0 Å². The number of carbonyl (C=O) groups is 1. The topological polar surface area (TPSA) is 85.8 Å². The van der Waals surface area contributed by atoms with E-state index in [1.165, 1.54) is 0 Å². The van der Waals surface area contributed by atoms with Gasteiger partial charge in [0.1, 0.15) is 6.10 Å². The molecule has 3 atom stereocenters. The third kappa shape index (κ3) is 3.92. The van der Waals surface area contributed by atoms with Crippen LogP contribution < -0.4 is 0 Å². The van der Waals surface area contributed by atoms with Gasteiger partial charge in [0.15, 0.2) is 0 Å². The molecule has 6 nitrogen and oxygen atoms in total. The highest BCUT2D eigenvalue weighted by Gasteiger charge is 2.32. The van der Waals surface area contributed by atoms with E-state index in [0.29, 0.717) is 19.7 Å². The fourth-order valence-corrected chi connectivity index (χ4v) is 3.17. The van der Waals surface area contributed by atoms with Crippen LogP contribution in [-0.2, 0) is 9.53 Å². The zero-order valence-corrected chi connectivity index (χ0v) is 14.3. The number of benzene rings is 1. The summed E-state index contributed by atoms with van der Waals surface area (Å²) >= 11 is 0. The average molecular weight is 344 g/mol. The van der Waals surface area contributed by atoms with Gasteiger partial charge in [-0.15, -0.1) is 0 Å². The maximum Gasteiger partial charge on any atom is 0.246 e. The summed E-state index contributed by atoms with van der Waals surface area (Å²) in [5.74, 6) is -0.408. The number of rotatable bonds is 5. The summed E-state index contributed by atoms with van der Waals surface area (Å²) in [6, 6.07) is 7.92. The van der Waals surface area contributed by atoms with Gasteiger partial charge in [0.2, 0.25) is 5.91 Å². The number of fused-ring (bicyclic) bond motifs is 1. The maximum atomic E-state index is 12.5. The average Bonchev–Trinajstić information content (AvgIpc) is 3.04. The summed E-state index contributed by atoms with van der Waals surface area (Å²) < 4.78 is 5.29. The molecule has 3 N–H and O–H groups in total. The zero-order valence-electron chi connectivity index (χ0n) is 14.3. The lowest BCUT2D eigenvalue weighted by Crippen LogP contribution is -2.49. The third-order valence-corrected chi connectivity index (χ3v) is 4.67. The number of aromatic amines is 1. The Bertz CT molecular complexity index is 755. The normalized spacial score (nSPS) is 24.0. The molecule has 1 fully saturated rings. The van der Waals surface area contributed by atoms with Gasteiger partial charge < -0.3 is 24.8 Å². The molecular formula is C19H24N2O4. The fourth-order valence-electron chi connectivity index (χ4n) is 3.17. The zero-order chi connectivity index (χ0) is 17.8. The highest BCUT2D eigenvalue weighted by Crippen LogP contribution is 2.20. The molecule has 0 spiro atoms. The molecule has 0 saturated carbocycles. The number of hydrogen-bond acceptors (Lipinski definition) is 4. The van der Waals surface area contributed by atoms with Gasteiger partial charge in [-0.2, -0.15) is 0 Å². The van der Waals surface area contributed by atoms with E-state index in [1.807, 2.05) is 37.4 Å². The molecule has 0 radical (unpaired) electrons. The second kappa shape index (κ2) is 7.82. The number of amides is 1. The second-order valence-corrected chi connectivity index (χ2v) is 6.36. The van der Waals surface area contributed by atoms with Crippen molar-refractivity contribution in [1.82, 2.24) is 9.88 Å². The summed E-state index contributed by atoms with van der Waals surface area (Å²) in [6.07, 6.45) is 3.46. The summed E-state index contributed by atoms with van der Waals surface area (Å²) in [4.78, 5) is 17.3. The molecule has 0 unspecified atom stereocenters. The van der Waals surface area contributed by atoms with E-state index >= 15 is 0 Å². The number of ether oxygens (including phenoxy) is 1. The predicted octanol–water partition coefficient (Wildman–Crippen LogP) is 1.40. The van der Waals surface area contributed by atoms with Crippen LogP contribution in [0.5, 0.6) is 0 Å². The van der Waals surface area contributed by atoms with Crippen LogP contribution >= 0.6 is 0 Å². The molecule has 0 aliphatic carbocycles. The Balaban J connectivity index is 1.68. The maximum absolute atomic E-state index is 12.5. The number of carbonyl (C=O) groups excluding carboxylic acids is 1. The van der Waals surface area contributed by atoms with Crippen molar-refractivity contribution in [2.24, 2.45) is 5.92 Å². The Kier molecular flexibility index (Phi) is 5.53. The lowest BCUT2D eigenvalue weighted by molar-refractivity contribution is -0.138. The van der Waals surface area contributed by atoms with Crippen molar-refractivity contribution < 1.29 is 19.7 Å². The molecule has 1 aliphatic heterocycles. The first-order valence-corrected chi connectivity index (χ1v) is 8.57. The Hall–Kier alpha value is -2.15. The quantitative estimate of drug-likeness (QED) is 0.716. The molecule has 134 valence electrons. The Morgan fingerprint density at radius 2 is 2.16 bits per heavy atom. The first-order valence-electron chi connectivity index (χ1n) is 8.57. The number of aliphatic hydroxyl groups excluding tert-OH is 2. The van der Waals surface area contributed by atoms with Gasteiger partial charge in [-0.3, -0.25) is 4.79 Å². The first kappa shape index (κ1) is 17.7. The highest BCUT2D eigenvalue weighted by atomic mass is 16.5. The van der Waals surface area contributed by atoms with Gasteiger partial charge >= 0.3 is 0 Å². The van der Waals surface area contributed by atoms with E-state index in [0.717, 1.165) is 16.5 Å². The molecule has 0 bridgehead atoms. The molecule has 3 rings (SSSR count). The number of likely N-dealkylation sites (N-methyl/N-ethyl adjacent to an activating group) is 1. The number of H-pyrrole nitrogens is 1. The Morgan fingerprint density at radius 1 is 1.36 bits per heavy atom. The molecular weight excluding hydrogens is 320 g/mol. The van der Waals surface area contributed by atoms with E-state index in [4.69, 9.17) is 4.74 Å². The predicted molar refractivity (Wildman–Crippen MR) is 95.9 cm³/mol. The number of hydrogen-bond donors (Lipinski definition) is 3. The van der Waals surface area contributed by atoms with Gasteiger partial charge in [-0.1, -0.05) is 18.2 Å². The van der Waals surface area contributed by atoms with Crippen LogP contribution in [-0.4, -0.2) is 64.5 Å². The summed E-state index contributed by atoms with van der Waals surface area (Å²) in [5, 5.41) is 20.8. The van der Waals surface area contributed by atoms with Crippen molar-refractivity contribution >= 4 is 22.9 Å². The molecule has 1 aromatic carbocycles. The third-order valence-electron chi connectivity index (χ3n) is 4.67.